The Morgan fingerprint density at radius 2 is 1.90 bits per heavy atom. The summed E-state index contributed by atoms with van der Waals surface area (Å²) in [4.78, 5) is 27.3. The van der Waals surface area contributed by atoms with Gasteiger partial charge in [0.05, 0.1) is 16.8 Å². The highest BCUT2D eigenvalue weighted by atomic mass is 35.5. The Labute approximate surface area is 178 Å². The molecule has 3 N–H and O–H groups in total. The van der Waals surface area contributed by atoms with Crippen molar-refractivity contribution in [2.75, 3.05) is 4.90 Å². The first-order chi connectivity index (χ1) is 13.7. The van der Waals surface area contributed by atoms with Crippen LogP contribution in [-0.4, -0.2) is 22.5 Å². The van der Waals surface area contributed by atoms with Crippen LogP contribution in [0, 0.1) is 0 Å². The lowest BCUT2D eigenvalue weighted by Gasteiger charge is -2.41. The smallest absolute Gasteiger partial charge is 0.333 e. The first-order valence-electron chi connectivity index (χ1n) is 9.00. The molecular weight excluding hydrogens is 411 g/mol. The Morgan fingerprint density at radius 1 is 1.17 bits per heavy atom. The normalized spacial score (nSPS) is 25.7. The van der Waals surface area contributed by atoms with Crippen LogP contribution in [0.5, 0.6) is 0 Å². The van der Waals surface area contributed by atoms with E-state index in [2.05, 4.69) is 0 Å². The van der Waals surface area contributed by atoms with Gasteiger partial charge in [-0.25, -0.2) is 4.79 Å². The minimum Gasteiger partial charge on any atom is -0.478 e. The lowest BCUT2D eigenvalue weighted by Crippen LogP contribution is -2.57. The number of fused-ring (bicyclic) bond motifs is 1. The molecule has 1 aliphatic carbocycles. The number of hydrogen-bond donors (Lipinski definition) is 2. The van der Waals surface area contributed by atoms with Crippen molar-refractivity contribution in [3.8, 4) is 0 Å². The molecule has 0 aromatic heterocycles. The van der Waals surface area contributed by atoms with Crippen molar-refractivity contribution >= 4 is 40.8 Å². The fraction of sp³-hybridized carbons (Fsp3) is 0.182. The van der Waals surface area contributed by atoms with E-state index in [1.54, 1.807) is 55.5 Å². The quantitative estimate of drug-likeness (QED) is 0.764. The minimum atomic E-state index is -1.59. The topological polar surface area (TPSA) is 83.6 Å². The number of rotatable bonds is 3. The standard InChI is InChI=1S/C22H18Cl2N2O3/c1-21(11-5-4-7-15(21)19(27)28)26-18-10-9-13(23)12-16(18)22(25,20(26)29)14-6-2-3-8-17(14)24/h2-10,12H,11,25H2,1H3,(H,27,28). The molecule has 1 aliphatic heterocycles. The molecule has 29 heavy (non-hydrogen) atoms. The van der Waals surface area contributed by atoms with Gasteiger partial charge in [0, 0.05) is 21.2 Å². The van der Waals surface area contributed by atoms with Crippen LogP contribution in [-0.2, 0) is 15.1 Å². The summed E-state index contributed by atoms with van der Waals surface area (Å²) >= 11 is 12.7. The molecule has 4 rings (SSSR count). The molecule has 7 heteroatoms. The average Bonchev–Trinajstić information content (AvgIpc) is 2.90. The zero-order valence-corrected chi connectivity index (χ0v) is 17.0. The maximum atomic E-state index is 13.9. The number of anilines is 1. The van der Waals surface area contributed by atoms with E-state index in [4.69, 9.17) is 28.9 Å². The van der Waals surface area contributed by atoms with Crippen molar-refractivity contribution in [1.82, 2.24) is 0 Å². The van der Waals surface area contributed by atoms with E-state index in [1.807, 2.05) is 6.08 Å². The Balaban J connectivity index is 1.99. The Morgan fingerprint density at radius 3 is 2.59 bits per heavy atom. The number of allylic oxidation sites excluding steroid dienone is 2. The molecule has 5 nitrogen and oxygen atoms in total. The zero-order valence-electron chi connectivity index (χ0n) is 15.5. The summed E-state index contributed by atoms with van der Waals surface area (Å²) in [6.45, 7) is 1.73. The van der Waals surface area contributed by atoms with Crippen LogP contribution in [0.25, 0.3) is 0 Å². The van der Waals surface area contributed by atoms with Crippen LogP contribution in [0.1, 0.15) is 24.5 Å². The SMILES string of the molecule is CC1(N2C(=O)C(N)(c3ccccc3Cl)c3cc(Cl)ccc32)CC=CC=C1C(=O)O. The lowest BCUT2D eigenvalue weighted by molar-refractivity contribution is -0.133. The molecule has 0 fully saturated rings. The molecule has 0 saturated heterocycles. The van der Waals surface area contributed by atoms with Gasteiger partial charge in [0.2, 0.25) is 0 Å². The Kier molecular flexibility index (Phi) is 4.57. The lowest BCUT2D eigenvalue weighted by atomic mass is 9.82. The maximum Gasteiger partial charge on any atom is 0.333 e. The molecular formula is C22H18Cl2N2O3. The van der Waals surface area contributed by atoms with Gasteiger partial charge in [0.25, 0.3) is 5.91 Å². The van der Waals surface area contributed by atoms with Gasteiger partial charge in [-0.05, 0) is 43.7 Å². The number of carboxylic acids is 1. The molecule has 2 aromatic carbocycles. The monoisotopic (exact) mass is 428 g/mol. The highest BCUT2D eigenvalue weighted by Crippen LogP contribution is 2.50. The van der Waals surface area contributed by atoms with E-state index < -0.39 is 23.0 Å². The predicted octanol–water partition coefficient (Wildman–Crippen LogP) is 4.27. The Hall–Kier alpha value is -2.60. The molecule has 148 valence electrons. The van der Waals surface area contributed by atoms with Gasteiger partial charge in [-0.1, -0.05) is 53.6 Å². The minimum absolute atomic E-state index is 0.109. The van der Waals surface area contributed by atoms with Gasteiger partial charge in [-0.2, -0.15) is 0 Å². The van der Waals surface area contributed by atoms with Crippen LogP contribution in [0.2, 0.25) is 10.0 Å². The summed E-state index contributed by atoms with van der Waals surface area (Å²) < 4.78 is 0. The summed E-state index contributed by atoms with van der Waals surface area (Å²) in [6, 6.07) is 11.9. The number of hydrogen-bond acceptors (Lipinski definition) is 3. The van der Waals surface area contributed by atoms with Crippen molar-refractivity contribution in [1.29, 1.82) is 0 Å². The third-order valence-corrected chi connectivity index (χ3v) is 6.25. The molecule has 2 unspecified atom stereocenters. The van der Waals surface area contributed by atoms with Crippen LogP contribution >= 0.6 is 23.2 Å². The number of benzene rings is 2. The number of carbonyl (C=O) groups is 2. The van der Waals surface area contributed by atoms with Gasteiger partial charge in [0.15, 0.2) is 5.54 Å². The van der Waals surface area contributed by atoms with E-state index in [9.17, 15) is 14.7 Å². The molecule has 2 aromatic rings. The zero-order chi connectivity index (χ0) is 21.0. The van der Waals surface area contributed by atoms with Gasteiger partial charge in [0.1, 0.15) is 0 Å². The number of amides is 1. The highest BCUT2D eigenvalue weighted by molar-refractivity contribution is 6.33. The van der Waals surface area contributed by atoms with E-state index in [1.165, 1.54) is 11.0 Å². The van der Waals surface area contributed by atoms with Crippen molar-refractivity contribution in [3.05, 3.63) is 87.4 Å². The van der Waals surface area contributed by atoms with E-state index in [0.717, 1.165) is 0 Å². The maximum absolute atomic E-state index is 13.9. The molecule has 0 radical (unpaired) electrons. The number of carboxylic acid groups (broad SMARTS) is 1. The second-order valence-corrected chi connectivity index (χ2v) is 8.23. The summed E-state index contributed by atoms with van der Waals surface area (Å²) in [6.07, 6.45) is 5.36. The molecule has 2 aliphatic rings. The molecule has 1 amide bonds. The van der Waals surface area contributed by atoms with E-state index in [-0.39, 0.29) is 5.57 Å². The molecule has 0 bridgehead atoms. The molecule has 1 heterocycles. The third-order valence-electron chi connectivity index (χ3n) is 5.68. The highest BCUT2D eigenvalue weighted by Gasteiger charge is 2.56. The number of nitrogens with zero attached hydrogens (tertiary/aromatic N) is 1. The largest absolute Gasteiger partial charge is 0.478 e. The van der Waals surface area contributed by atoms with Crippen LogP contribution in [0.4, 0.5) is 5.69 Å². The summed E-state index contributed by atoms with van der Waals surface area (Å²) in [5, 5.41) is 10.6. The van der Waals surface area contributed by atoms with Crippen molar-refractivity contribution in [3.63, 3.8) is 0 Å². The van der Waals surface area contributed by atoms with Crippen LogP contribution < -0.4 is 10.6 Å². The number of nitrogens with two attached hydrogens (primary N) is 1. The summed E-state index contributed by atoms with van der Waals surface area (Å²) in [5.74, 6) is -1.54. The van der Waals surface area contributed by atoms with Gasteiger partial charge < -0.3 is 10.8 Å². The number of aliphatic carboxylic acids is 1. The first-order valence-corrected chi connectivity index (χ1v) is 9.76. The average molecular weight is 429 g/mol. The van der Waals surface area contributed by atoms with Crippen LogP contribution in [0.15, 0.2) is 66.3 Å². The summed E-state index contributed by atoms with van der Waals surface area (Å²) in [5.41, 5.74) is 5.61. The van der Waals surface area contributed by atoms with Crippen molar-refractivity contribution in [2.24, 2.45) is 5.73 Å². The fourth-order valence-electron chi connectivity index (χ4n) is 4.22. The second kappa shape index (κ2) is 6.73. The van der Waals surface area contributed by atoms with E-state index in [0.29, 0.717) is 33.3 Å². The van der Waals surface area contributed by atoms with Crippen molar-refractivity contribution < 1.29 is 14.7 Å². The number of halogens is 2. The first kappa shape index (κ1) is 19.7. The third kappa shape index (κ3) is 2.73. The summed E-state index contributed by atoms with van der Waals surface area (Å²) in [7, 11) is 0. The fourth-order valence-corrected chi connectivity index (χ4v) is 4.67. The second-order valence-electron chi connectivity index (χ2n) is 7.38. The van der Waals surface area contributed by atoms with Crippen molar-refractivity contribution in [2.45, 2.75) is 24.4 Å². The molecule has 0 spiro atoms. The molecule has 2 atom stereocenters. The molecule has 0 saturated carbocycles. The van der Waals surface area contributed by atoms with Gasteiger partial charge in [-0.3, -0.25) is 9.69 Å². The van der Waals surface area contributed by atoms with Crippen LogP contribution in [0.3, 0.4) is 0 Å². The van der Waals surface area contributed by atoms with E-state index >= 15 is 0 Å². The predicted molar refractivity (Wildman–Crippen MR) is 113 cm³/mol. The number of carbonyl (C=O) groups excluding carboxylic acids is 1. The van der Waals surface area contributed by atoms with Gasteiger partial charge >= 0.3 is 5.97 Å². The van der Waals surface area contributed by atoms with Gasteiger partial charge in [-0.15, -0.1) is 0 Å². The Bertz CT molecular complexity index is 1110.